The minimum Gasteiger partial charge on any atom is -0.496 e. The largest absolute Gasteiger partial charge is 0.496 e. The number of benzene rings is 2. The fourth-order valence-corrected chi connectivity index (χ4v) is 3.37. The molecule has 142 valence electrons. The Labute approximate surface area is 163 Å². The number of hydrogen-bond donors (Lipinski definition) is 1. The summed E-state index contributed by atoms with van der Waals surface area (Å²) < 4.78 is 10.7. The Morgan fingerprint density at radius 2 is 1.70 bits per heavy atom. The molecule has 0 aromatic heterocycles. The zero-order valence-electron chi connectivity index (χ0n) is 15.2. The number of anilines is 1. The second-order valence-electron chi connectivity index (χ2n) is 6.19. The first kappa shape index (κ1) is 19.0. The number of hydrogen-bond acceptors (Lipinski definition) is 4. The van der Waals surface area contributed by atoms with E-state index in [1.165, 1.54) is 14.2 Å². The zero-order chi connectivity index (χ0) is 19.4. The lowest BCUT2D eigenvalue weighted by molar-refractivity contribution is -0.119. The second kappa shape index (κ2) is 8.31. The molecule has 7 heteroatoms. The van der Waals surface area contributed by atoms with Crippen molar-refractivity contribution >= 4 is 29.1 Å². The van der Waals surface area contributed by atoms with Crippen LogP contribution >= 0.6 is 11.6 Å². The van der Waals surface area contributed by atoms with Gasteiger partial charge < -0.3 is 19.7 Å². The van der Waals surface area contributed by atoms with Gasteiger partial charge in [0.05, 0.1) is 14.2 Å². The highest BCUT2D eigenvalue weighted by molar-refractivity contribution is 6.30. The average molecular weight is 389 g/mol. The first-order chi connectivity index (χ1) is 13.0. The molecule has 2 aromatic carbocycles. The van der Waals surface area contributed by atoms with Gasteiger partial charge in [-0.15, -0.1) is 0 Å². The summed E-state index contributed by atoms with van der Waals surface area (Å²) in [6, 6.07) is 11.5. The van der Waals surface area contributed by atoms with Crippen molar-refractivity contribution in [3.63, 3.8) is 0 Å². The van der Waals surface area contributed by atoms with Crippen molar-refractivity contribution in [3.05, 3.63) is 53.1 Å². The molecule has 0 spiro atoms. The number of ether oxygens (including phenoxy) is 2. The molecule has 0 bridgehead atoms. The summed E-state index contributed by atoms with van der Waals surface area (Å²) in [4.78, 5) is 27.5. The minimum atomic E-state index is -0.553. The van der Waals surface area contributed by atoms with E-state index in [-0.39, 0.29) is 11.8 Å². The first-order valence-corrected chi connectivity index (χ1v) is 9.01. The van der Waals surface area contributed by atoms with Gasteiger partial charge in [-0.25, -0.2) is 0 Å². The Morgan fingerprint density at radius 3 is 2.30 bits per heavy atom. The maximum Gasteiger partial charge on any atom is 0.262 e. The van der Waals surface area contributed by atoms with Crippen molar-refractivity contribution < 1.29 is 19.1 Å². The van der Waals surface area contributed by atoms with Gasteiger partial charge in [0.15, 0.2) is 0 Å². The lowest BCUT2D eigenvalue weighted by atomic mass is 10.1. The topological polar surface area (TPSA) is 67.9 Å². The summed E-state index contributed by atoms with van der Waals surface area (Å²) in [5.74, 6) is 0.335. The molecule has 0 unspecified atom stereocenters. The molecular weight excluding hydrogens is 368 g/mol. The van der Waals surface area contributed by atoms with Crippen molar-refractivity contribution in [2.24, 2.45) is 0 Å². The summed E-state index contributed by atoms with van der Waals surface area (Å²) in [5.41, 5.74) is 0.965. The van der Waals surface area contributed by atoms with Crippen LogP contribution in [-0.4, -0.2) is 43.5 Å². The number of carbonyl (C=O) groups excluding carboxylic acids is 2. The molecule has 0 saturated carbocycles. The van der Waals surface area contributed by atoms with Crippen molar-refractivity contribution in [2.75, 3.05) is 26.1 Å². The van der Waals surface area contributed by atoms with E-state index in [0.29, 0.717) is 40.7 Å². The van der Waals surface area contributed by atoms with E-state index in [1.807, 2.05) is 0 Å². The summed E-state index contributed by atoms with van der Waals surface area (Å²) in [6.07, 6.45) is 1.35. The number of nitrogens with zero attached hydrogens (tertiary/aromatic N) is 1. The van der Waals surface area contributed by atoms with Gasteiger partial charge in [-0.2, -0.15) is 0 Å². The van der Waals surface area contributed by atoms with Crippen LogP contribution in [0.15, 0.2) is 42.5 Å². The standard InChI is InChI=1S/C20H21ClN2O4/c1-26-16-6-3-7-17(27-2)18(16)20(25)23-12-4-5-15(23)19(24)22-14-10-8-13(21)9-11-14/h3,6-11,15H,4-5,12H2,1-2H3,(H,22,24)/t15-/m0/s1. The van der Waals surface area contributed by atoms with Gasteiger partial charge in [0.25, 0.3) is 5.91 Å². The number of carbonyl (C=O) groups is 2. The average Bonchev–Trinajstić information content (AvgIpc) is 3.18. The van der Waals surface area contributed by atoms with Gasteiger partial charge in [0, 0.05) is 17.3 Å². The molecule has 0 aliphatic carbocycles. The van der Waals surface area contributed by atoms with E-state index in [4.69, 9.17) is 21.1 Å². The Morgan fingerprint density at radius 1 is 1.07 bits per heavy atom. The number of likely N-dealkylation sites (tertiary alicyclic amines) is 1. The highest BCUT2D eigenvalue weighted by atomic mass is 35.5. The molecule has 27 heavy (non-hydrogen) atoms. The maximum absolute atomic E-state index is 13.2. The van der Waals surface area contributed by atoms with E-state index in [1.54, 1.807) is 47.4 Å². The van der Waals surface area contributed by atoms with E-state index < -0.39 is 6.04 Å². The maximum atomic E-state index is 13.2. The minimum absolute atomic E-state index is 0.225. The van der Waals surface area contributed by atoms with Gasteiger partial charge in [0.1, 0.15) is 23.1 Å². The fraction of sp³-hybridized carbons (Fsp3) is 0.300. The van der Waals surface area contributed by atoms with E-state index in [9.17, 15) is 9.59 Å². The van der Waals surface area contributed by atoms with Crippen molar-refractivity contribution in [3.8, 4) is 11.5 Å². The molecule has 1 heterocycles. The number of amides is 2. The molecule has 1 N–H and O–H groups in total. The number of methoxy groups -OCH3 is 2. The molecule has 1 saturated heterocycles. The third kappa shape index (κ3) is 4.01. The van der Waals surface area contributed by atoms with Crippen LogP contribution in [0.25, 0.3) is 0 Å². The van der Waals surface area contributed by atoms with E-state index in [2.05, 4.69) is 5.32 Å². The van der Waals surface area contributed by atoms with Crippen LogP contribution in [0.1, 0.15) is 23.2 Å². The molecule has 0 radical (unpaired) electrons. The van der Waals surface area contributed by atoms with Crippen molar-refractivity contribution in [2.45, 2.75) is 18.9 Å². The van der Waals surface area contributed by atoms with E-state index >= 15 is 0 Å². The lowest BCUT2D eigenvalue weighted by Gasteiger charge is -2.25. The molecular formula is C20H21ClN2O4. The summed E-state index contributed by atoms with van der Waals surface area (Å²) in [7, 11) is 3.00. The van der Waals surface area contributed by atoms with Crippen molar-refractivity contribution in [1.82, 2.24) is 4.90 Å². The third-order valence-corrected chi connectivity index (χ3v) is 4.82. The SMILES string of the molecule is COc1cccc(OC)c1C(=O)N1CCC[C@H]1C(=O)Nc1ccc(Cl)cc1. The Hall–Kier alpha value is -2.73. The predicted molar refractivity (Wildman–Crippen MR) is 104 cm³/mol. The third-order valence-electron chi connectivity index (χ3n) is 4.57. The van der Waals surface area contributed by atoms with Crippen LogP contribution < -0.4 is 14.8 Å². The van der Waals surface area contributed by atoms with Gasteiger partial charge >= 0.3 is 0 Å². The van der Waals surface area contributed by atoms with Crippen LogP contribution in [0.2, 0.25) is 5.02 Å². The van der Waals surface area contributed by atoms with Crippen LogP contribution in [0.4, 0.5) is 5.69 Å². The normalized spacial score (nSPS) is 16.1. The molecule has 2 aromatic rings. The van der Waals surface area contributed by atoms with Gasteiger partial charge in [0.2, 0.25) is 5.91 Å². The monoisotopic (exact) mass is 388 g/mol. The van der Waals surface area contributed by atoms with Gasteiger partial charge in [-0.1, -0.05) is 17.7 Å². The smallest absolute Gasteiger partial charge is 0.262 e. The van der Waals surface area contributed by atoms with Gasteiger partial charge in [-0.05, 0) is 49.2 Å². The molecule has 2 amide bonds. The molecule has 1 aliphatic heterocycles. The number of rotatable bonds is 5. The van der Waals surface area contributed by atoms with Crippen molar-refractivity contribution in [1.29, 1.82) is 0 Å². The quantitative estimate of drug-likeness (QED) is 0.849. The van der Waals surface area contributed by atoms with Crippen LogP contribution in [-0.2, 0) is 4.79 Å². The van der Waals surface area contributed by atoms with Crippen LogP contribution in [0, 0.1) is 0 Å². The summed E-state index contributed by atoms with van der Waals surface area (Å²) >= 11 is 5.88. The number of halogens is 1. The zero-order valence-corrected chi connectivity index (χ0v) is 16.0. The Balaban J connectivity index is 1.83. The van der Waals surface area contributed by atoms with Crippen LogP contribution in [0.5, 0.6) is 11.5 Å². The van der Waals surface area contributed by atoms with Crippen LogP contribution in [0.3, 0.4) is 0 Å². The Bertz CT molecular complexity index is 816. The molecule has 6 nitrogen and oxygen atoms in total. The highest BCUT2D eigenvalue weighted by Gasteiger charge is 2.36. The second-order valence-corrected chi connectivity index (χ2v) is 6.63. The first-order valence-electron chi connectivity index (χ1n) is 8.63. The molecule has 1 aliphatic rings. The summed E-state index contributed by atoms with van der Waals surface area (Å²) in [6.45, 7) is 0.499. The Kier molecular flexibility index (Phi) is 5.86. The molecule has 1 fully saturated rings. The number of nitrogens with one attached hydrogen (secondary N) is 1. The predicted octanol–water partition coefficient (Wildman–Crippen LogP) is 3.60. The summed E-state index contributed by atoms with van der Waals surface area (Å²) in [5, 5.41) is 3.44. The van der Waals surface area contributed by atoms with Gasteiger partial charge in [-0.3, -0.25) is 9.59 Å². The van der Waals surface area contributed by atoms with E-state index in [0.717, 1.165) is 6.42 Å². The molecule has 3 rings (SSSR count). The molecule has 1 atom stereocenters. The lowest BCUT2D eigenvalue weighted by Crippen LogP contribution is -2.43. The fourth-order valence-electron chi connectivity index (χ4n) is 3.25. The highest BCUT2D eigenvalue weighted by Crippen LogP contribution is 2.32.